The maximum absolute atomic E-state index is 11.9. The first-order chi connectivity index (χ1) is 9.77. The molecule has 1 aromatic rings. The van der Waals surface area contributed by atoms with Gasteiger partial charge in [0.15, 0.2) is 0 Å². The van der Waals surface area contributed by atoms with Crippen molar-refractivity contribution in [1.29, 1.82) is 0 Å². The molecule has 1 heterocycles. The smallest absolute Gasteiger partial charge is 0.326 e. The Bertz CT molecular complexity index is 576. The van der Waals surface area contributed by atoms with Gasteiger partial charge in [0.25, 0.3) is 0 Å². The second-order valence-corrected chi connectivity index (χ2v) is 6.35. The van der Waals surface area contributed by atoms with Gasteiger partial charge in [0.05, 0.1) is 0 Å². The van der Waals surface area contributed by atoms with Crippen molar-refractivity contribution in [2.24, 2.45) is 5.92 Å². The Labute approximate surface area is 127 Å². The molecule has 0 saturated heterocycles. The molecule has 2 N–H and O–H groups in total. The van der Waals surface area contributed by atoms with Gasteiger partial charge in [0.1, 0.15) is 6.04 Å². The second-order valence-electron chi connectivity index (χ2n) is 5.18. The molecule has 0 radical (unpaired) electrons. The third kappa shape index (κ3) is 4.42. The number of nitrogens with zero attached hydrogens (tertiary/aromatic N) is 1. The Balaban J connectivity index is 2.65. The predicted octanol–water partition coefficient (Wildman–Crippen LogP) is 1.53. The largest absolute Gasteiger partial charge is 0.480 e. The third-order valence-corrected chi connectivity index (χ3v) is 4.73. The lowest BCUT2D eigenvalue weighted by Gasteiger charge is -2.20. The fraction of sp³-hybridized carbons (Fsp3) is 0.643. The molecule has 7 heteroatoms. The molecule has 118 valence electrons. The summed E-state index contributed by atoms with van der Waals surface area (Å²) in [5.41, 5.74) is 0.856. The van der Waals surface area contributed by atoms with Crippen LogP contribution >= 0.6 is 11.3 Å². The van der Waals surface area contributed by atoms with E-state index in [9.17, 15) is 14.4 Å². The van der Waals surface area contributed by atoms with E-state index in [0.29, 0.717) is 6.42 Å². The molecule has 0 unspecified atom stereocenters. The Morgan fingerprint density at radius 2 is 2.00 bits per heavy atom. The number of thiazole rings is 1. The van der Waals surface area contributed by atoms with Crippen LogP contribution in [0.4, 0.5) is 0 Å². The first-order valence-corrected chi connectivity index (χ1v) is 7.78. The molecule has 6 nitrogen and oxygen atoms in total. The van der Waals surface area contributed by atoms with Gasteiger partial charge >= 0.3 is 10.8 Å². The van der Waals surface area contributed by atoms with Crippen LogP contribution in [0.2, 0.25) is 0 Å². The average molecular weight is 314 g/mol. The number of carbonyl (C=O) groups excluding carboxylic acids is 1. The van der Waals surface area contributed by atoms with Gasteiger partial charge in [-0.25, -0.2) is 4.79 Å². The summed E-state index contributed by atoms with van der Waals surface area (Å²) in [7, 11) is 0. The zero-order valence-electron chi connectivity index (χ0n) is 12.8. The molecular weight excluding hydrogens is 292 g/mol. The maximum atomic E-state index is 11.9. The first-order valence-electron chi connectivity index (χ1n) is 6.96. The molecule has 0 aliphatic carbocycles. The van der Waals surface area contributed by atoms with Crippen molar-refractivity contribution in [3.05, 3.63) is 20.2 Å². The van der Waals surface area contributed by atoms with E-state index in [1.807, 2.05) is 20.8 Å². The molecule has 21 heavy (non-hydrogen) atoms. The van der Waals surface area contributed by atoms with E-state index in [-0.39, 0.29) is 29.7 Å². The van der Waals surface area contributed by atoms with E-state index in [0.717, 1.165) is 21.9 Å². The monoisotopic (exact) mass is 314 g/mol. The average Bonchev–Trinajstić information content (AvgIpc) is 2.66. The minimum absolute atomic E-state index is 0.0884. The van der Waals surface area contributed by atoms with Crippen molar-refractivity contribution in [2.45, 2.75) is 53.1 Å². The van der Waals surface area contributed by atoms with E-state index in [2.05, 4.69) is 5.32 Å². The molecule has 0 saturated carbocycles. The number of carboxylic acid groups (broad SMARTS) is 1. The van der Waals surface area contributed by atoms with Gasteiger partial charge in [0.2, 0.25) is 5.91 Å². The molecular formula is C14H22N2O4S. The molecule has 0 aliphatic rings. The summed E-state index contributed by atoms with van der Waals surface area (Å²) >= 11 is 1.16. The normalized spacial score (nSPS) is 13.7. The molecule has 1 aromatic heterocycles. The molecule has 0 spiro atoms. The summed E-state index contributed by atoms with van der Waals surface area (Å²) < 4.78 is 1.55. The lowest BCUT2D eigenvalue weighted by atomic mass is 9.99. The fourth-order valence-corrected chi connectivity index (χ4v) is 2.85. The second kappa shape index (κ2) is 7.40. The minimum atomic E-state index is -1.03. The van der Waals surface area contributed by atoms with Crippen molar-refractivity contribution in [3.8, 4) is 0 Å². The van der Waals surface area contributed by atoms with Gasteiger partial charge in [-0.15, -0.1) is 0 Å². The number of hydrogen-bond acceptors (Lipinski definition) is 4. The van der Waals surface area contributed by atoms with Crippen LogP contribution in [-0.2, 0) is 16.1 Å². The zero-order chi connectivity index (χ0) is 16.2. The molecule has 0 aromatic carbocycles. The summed E-state index contributed by atoms with van der Waals surface area (Å²) in [5, 5.41) is 11.7. The number of carboxylic acids is 1. The van der Waals surface area contributed by atoms with E-state index in [1.165, 1.54) is 0 Å². The van der Waals surface area contributed by atoms with Crippen molar-refractivity contribution in [1.82, 2.24) is 9.88 Å². The number of aliphatic carboxylic acids is 1. The predicted molar refractivity (Wildman–Crippen MR) is 81.7 cm³/mol. The van der Waals surface area contributed by atoms with Gasteiger partial charge in [-0.2, -0.15) is 0 Å². The Kier molecular flexibility index (Phi) is 6.14. The molecule has 1 rings (SSSR count). The number of rotatable bonds is 7. The van der Waals surface area contributed by atoms with Crippen LogP contribution in [0.3, 0.4) is 0 Å². The minimum Gasteiger partial charge on any atom is -0.480 e. The molecule has 0 fully saturated rings. The highest BCUT2D eigenvalue weighted by Crippen LogP contribution is 2.11. The van der Waals surface area contributed by atoms with Gasteiger partial charge in [-0.05, 0) is 19.8 Å². The number of nitrogens with one attached hydrogen (secondary N) is 1. The maximum Gasteiger partial charge on any atom is 0.326 e. The molecule has 2 atom stereocenters. The van der Waals surface area contributed by atoms with Gasteiger partial charge in [-0.1, -0.05) is 31.6 Å². The topological polar surface area (TPSA) is 88.4 Å². The Hall–Kier alpha value is -1.63. The Morgan fingerprint density at radius 1 is 1.38 bits per heavy atom. The molecule has 1 amide bonds. The summed E-state index contributed by atoms with van der Waals surface area (Å²) in [6.45, 7) is 7.64. The van der Waals surface area contributed by atoms with Gasteiger partial charge in [0, 0.05) is 23.5 Å². The van der Waals surface area contributed by atoms with Crippen molar-refractivity contribution >= 4 is 23.2 Å². The van der Waals surface area contributed by atoms with Crippen molar-refractivity contribution < 1.29 is 14.7 Å². The number of hydrogen-bond donors (Lipinski definition) is 2. The van der Waals surface area contributed by atoms with E-state index < -0.39 is 12.0 Å². The number of aryl methyl sites for hydroxylation is 1. The van der Waals surface area contributed by atoms with Crippen LogP contribution in [0.5, 0.6) is 0 Å². The fourth-order valence-electron chi connectivity index (χ4n) is 1.99. The number of aromatic nitrogens is 1. The van der Waals surface area contributed by atoms with Gasteiger partial charge in [-0.3, -0.25) is 9.59 Å². The van der Waals surface area contributed by atoms with Crippen molar-refractivity contribution in [2.75, 3.05) is 0 Å². The highest BCUT2D eigenvalue weighted by atomic mass is 32.1. The summed E-state index contributed by atoms with van der Waals surface area (Å²) in [6.07, 6.45) is 0.761. The quantitative estimate of drug-likeness (QED) is 0.799. The van der Waals surface area contributed by atoms with Crippen LogP contribution in [0.25, 0.3) is 0 Å². The highest BCUT2D eigenvalue weighted by molar-refractivity contribution is 7.09. The van der Waals surface area contributed by atoms with Crippen LogP contribution in [0.15, 0.2) is 4.79 Å². The van der Waals surface area contributed by atoms with Crippen molar-refractivity contribution in [3.63, 3.8) is 0 Å². The lowest BCUT2D eigenvalue weighted by Crippen LogP contribution is -2.45. The third-order valence-electron chi connectivity index (χ3n) is 3.73. The zero-order valence-corrected chi connectivity index (χ0v) is 13.6. The first kappa shape index (κ1) is 17.4. The molecule has 0 bridgehead atoms. The van der Waals surface area contributed by atoms with E-state index >= 15 is 0 Å². The number of amides is 1. The summed E-state index contributed by atoms with van der Waals surface area (Å²) in [5.74, 6) is -1.52. The van der Waals surface area contributed by atoms with Crippen LogP contribution in [-0.4, -0.2) is 27.6 Å². The Morgan fingerprint density at radius 3 is 2.43 bits per heavy atom. The lowest BCUT2D eigenvalue weighted by molar-refractivity contribution is -0.143. The standard InChI is InChI=1S/C14H22N2O4S/c1-5-8(2)12(13(18)19)15-11(17)6-7-16-9(3)10(4)21-14(16)20/h8,12H,5-7H2,1-4H3,(H,15,17)(H,18,19)/t8-,12-/m0/s1. The molecule has 0 aliphatic heterocycles. The van der Waals surface area contributed by atoms with Crippen LogP contribution < -0.4 is 10.2 Å². The van der Waals surface area contributed by atoms with Crippen LogP contribution in [0, 0.1) is 19.8 Å². The van der Waals surface area contributed by atoms with Gasteiger partial charge < -0.3 is 15.0 Å². The SMILES string of the molecule is CC[C@H](C)[C@H](NC(=O)CCn1c(C)c(C)sc1=O)C(=O)O. The van der Waals surface area contributed by atoms with Crippen LogP contribution in [0.1, 0.15) is 37.3 Å². The highest BCUT2D eigenvalue weighted by Gasteiger charge is 2.25. The van der Waals surface area contributed by atoms with E-state index in [1.54, 1.807) is 11.5 Å². The summed E-state index contributed by atoms with van der Waals surface area (Å²) in [6, 6.07) is -0.885. The number of carbonyl (C=O) groups is 2. The summed E-state index contributed by atoms with van der Waals surface area (Å²) in [4.78, 5) is 35.6. The van der Waals surface area contributed by atoms with E-state index in [4.69, 9.17) is 5.11 Å².